The van der Waals surface area contributed by atoms with Crippen molar-refractivity contribution in [3.8, 4) is 0 Å². The van der Waals surface area contributed by atoms with Gasteiger partial charge in [-0.3, -0.25) is 9.78 Å². The lowest BCUT2D eigenvalue weighted by Gasteiger charge is -2.29. The Labute approximate surface area is 187 Å². The lowest BCUT2D eigenvalue weighted by atomic mass is 9.80. The van der Waals surface area contributed by atoms with Crippen LogP contribution in [-0.2, 0) is 19.7 Å². The monoisotopic (exact) mass is 438 g/mol. The molecular formula is C23H30N6O3. The Bertz CT molecular complexity index is 1030. The number of amides is 1. The largest absolute Gasteiger partial charge is 0.484 e. The Morgan fingerprint density at radius 1 is 1.38 bits per heavy atom. The summed E-state index contributed by atoms with van der Waals surface area (Å²) < 4.78 is 11.4. The molecule has 2 aromatic heterocycles. The van der Waals surface area contributed by atoms with Gasteiger partial charge in [-0.05, 0) is 24.6 Å². The topological polar surface area (TPSA) is 102 Å². The maximum atomic E-state index is 11.8. The maximum Gasteiger partial charge on any atom is 0.259 e. The van der Waals surface area contributed by atoms with E-state index in [1.807, 2.05) is 18.2 Å². The molecule has 3 heterocycles. The predicted octanol–water partition coefficient (Wildman–Crippen LogP) is 1.63. The highest BCUT2D eigenvalue weighted by Gasteiger charge is 2.29. The lowest BCUT2D eigenvalue weighted by Crippen LogP contribution is -2.42. The van der Waals surface area contributed by atoms with Crippen molar-refractivity contribution in [3.05, 3.63) is 48.1 Å². The first-order chi connectivity index (χ1) is 15.4. The Morgan fingerprint density at radius 3 is 2.94 bits per heavy atom. The van der Waals surface area contributed by atoms with E-state index < -0.39 is 0 Å². The van der Waals surface area contributed by atoms with Gasteiger partial charge in [-0.1, -0.05) is 13.0 Å². The van der Waals surface area contributed by atoms with Crippen molar-refractivity contribution >= 4 is 22.8 Å². The van der Waals surface area contributed by atoms with E-state index in [9.17, 15) is 4.79 Å². The number of rotatable bonds is 7. The van der Waals surface area contributed by atoms with E-state index in [4.69, 9.17) is 14.5 Å². The van der Waals surface area contributed by atoms with Crippen molar-refractivity contribution in [2.24, 2.45) is 0 Å². The average Bonchev–Trinajstić information content (AvgIpc) is 2.82. The van der Waals surface area contributed by atoms with Crippen molar-refractivity contribution in [1.29, 1.82) is 0 Å². The van der Waals surface area contributed by atoms with Crippen LogP contribution < -0.4 is 10.6 Å². The Morgan fingerprint density at radius 2 is 2.22 bits per heavy atom. The van der Waals surface area contributed by atoms with Crippen LogP contribution in [0.1, 0.15) is 19.0 Å². The fraction of sp³-hybridized carbons (Fsp3) is 0.478. The fourth-order valence-corrected chi connectivity index (χ4v) is 3.64. The summed E-state index contributed by atoms with van der Waals surface area (Å²) in [6, 6.07) is 1.99. The van der Waals surface area contributed by atoms with Crippen molar-refractivity contribution in [1.82, 2.24) is 25.2 Å². The normalized spacial score (nSPS) is 23.0. The fourth-order valence-electron chi connectivity index (χ4n) is 3.64. The summed E-state index contributed by atoms with van der Waals surface area (Å²) in [6.45, 7) is 5.19. The molecule has 0 radical (unpaired) electrons. The van der Waals surface area contributed by atoms with Crippen LogP contribution in [0.25, 0.3) is 11.0 Å². The first kappa shape index (κ1) is 22.2. The van der Waals surface area contributed by atoms with Crippen molar-refractivity contribution in [2.75, 3.05) is 52.3 Å². The number of nitrogens with zero attached hydrogens (tertiary/aromatic N) is 4. The van der Waals surface area contributed by atoms with Gasteiger partial charge in [0.15, 0.2) is 12.4 Å². The van der Waals surface area contributed by atoms with E-state index >= 15 is 0 Å². The van der Waals surface area contributed by atoms with Crippen LogP contribution in [-0.4, -0.2) is 78.8 Å². The van der Waals surface area contributed by atoms with Gasteiger partial charge >= 0.3 is 0 Å². The predicted molar refractivity (Wildman–Crippen MR) is 122 cm³/mol. The van der Waals surface area contributed by atoms with Gasteiger partial charge in [-0.15, -0.1) is 0 Å². The summed E-state index contributed by atoms with van der Waals surface area (Å²) >= 11 is 0. The number of hydrogen-bond donors (Lipinski definition) is 2. The second-order valence-corrected chi connectivity index (χ2v) is 8.50. The van der Waals surface area contributed by atoms with Crippen LogP contribution in [0.15, 0.2) is 42.4 Å². The minimum atomic E-state index is -0.330. The van der Waals surface area contributed by atoms with Crippen molar-refractivity contribution in [2.45, 2.75) is 24.9 Å². The van der Waals surface area contributed by atoms with E-state index in [2.05, 4.69) is 33.6 Å². The van der Waals surface area contributed by atoms with Gasteiger partial charge in [-0.25, -0.2) is 9.97 Å². The third kappa shape index (κ3) is 5.05. The summed E-state index contributed by atoms with van der Waals surface area (Å²) in [5, 5.41) is 6.76. The number of nitrogens with one attached hydrogen (secondary N) is 2. The molecule has 2 atom stereocenters. The standard InChI is InChI=1S/C23H30N6O3/c1-23(6-4-16(5-7-23)32-15-20(30)29(2)3)19-12-18-21(26-9-8-25-18)22(28-19)27-14-17-13-24-10-11-31-17/h4-6,8-9,12,17,24H,7,10-11,13-15H2,1-3H3,(H,27,28)/t17-,23?/m0/s1. The van der Waals surface area contributed by atoms with Gasteiger partial charge < -0.3 is 25.0 Å². The van der Waals surface area contributed by atoms with Crippen molar-refractivity contribution in [3.63, 3.8) is 0 Å². The summed E-state index contributed by atoms with van der Waals surface area (Å²) in [5.74, 6) is 1.32. The second kappa shape index (κ2) is 9.62. The van der Waals surface area contributed by atoms with Gasteiger partial charge in [0.1, 0.15) is 11.3 Å². The minimum Gasteiger partial charge on any atom is -0.484 e. The molecule has 9 nitrogen and oxygen atoms in total. The highest BCUT2D eigenvalue weighted by atomic mass is 16.5. The van der Waals surface area contributed by atoms with Crippen LogP contribution in [0.4, 0.5) is 5.82 Å². The molecule has 9 heteroatoms. The average molecular weight is 439 g/mol. The number of likely N-dealkylation sites (N-methyl/N-ethyl adjacent to an activating group) is 1. The van der Waals surface area contributed by atoms with Gasteiger partial charge in [0.25, 0.3) is 5.91 Å². The molecule has 1 fully saturated rings. The number of aromatic nitrogens is 3. The summed E-state index contributed by atoms with van der Waals surface area (Å²) in [4.78, 5) is 27.2. The molecule has 1 saturated heterocycles. The quantitative estimate of drug-likeness (QED) is 0.673. The Hall–Kier alpha value is -3.04. The number of ether oxygens (including phenoxy) is 2. The summed E-state index contributed by atoms with van der Waals surface area (Å²) in [7, 11) is 3.43. The Kier molecular flexibility index (Phi) is 6.66. The number of carbonyl (C=O) groups excluding carboxylic acids is 1. The molecule has 0 aromatic carbocycles. The zero-order valence-electron chi connectivity index (χ0n) is 18.8. The van der Waals surface area contributed by atoms with Crippen LogP contribution >= 0.6 is 0 Å². The number of morpholine rings is 1. The first-order valence-corrected chi connectivity index (χ1v) is 10.9. The SMILES string of the molecule is CN(C)C(=O)COC1=CCC(C)(c2cc3nccnc3c(NC[C@@H]3CNCCO3)n2)C=C1. The van der Waals surface area contributed by atoms with Crippen LogP contribution in [0, 0.1) is 0 Å². The molecule has 1 aliphatic carbocycles. The molecule has 2 aromatic rings. The highest BCUT2D eigenvalue weighted by Crippen LogP contribution is 2.35. The summed E-state index contributed by atoms with van der Waals surface area (Å²) in [6.07, 6.45) is 10.1. The molecule has 1 amide bonds. The second-order valence-electron chi connectivity index (χ2n) is 8.50. The molecule has 1 unspecified atom stereocenters. The minimum absolute atomic E-state index is 0.0237. The molecule has 32 heavy (non-hydrogen) atoms. The Balaban J connectivity index is 1.52. The molecular weight excluding hydrogens is 408 g/mol. The van der Waals surface area contributed by atoms with E-state index in [0.29, 0.717) is 31.1 Å². The molecule has 0 bridgehead atoms. The van der Waals surface area contributed by atoms with Crippen LogP contribution in [0.2, 0.25) is 0 Å². The van der Waals surface area contributed by atoms with E-state index in [-0.39, 0.29) is 24.0 Å². The number of carbonyl (C=O) groups is 1. The number of hydrogen-bond acceptors (Lipinski definition) is 8. The zero-order chi connectivity index (χ0) is 22.6. The number of anilines is 1. The maximum absolute atomic E-state index is 11.8. The van der Waals surface area contributed by atoms with Gasteiger partial charge in [-0.2, -0.15) is 0 Å². The first-order valence-electron chi connectivity index (χ1n) is 10.9. The molecule has 2 N–H and O–H groups in total. The third-order valence-corrected chi connectivity index (χ3v) is 5.75. The number of fused-ring (bicyclic) bond motifs is 1. The van der Waals surface area contributed by atoms with E-state index in [1.54, 1.807) is 26.5 Å². The van der Waals surface area contributed by atoms with E-state index in [0.717, 1.165) is 29.8 Å². The van der Waals surface area contributed by atoms with Gasteiger partial charge in [0, 0.05) is 51.5 Å². The van der Waals surface area contributed by atoms with Crippen LogP contribution in [0.5, 0.6) is 0 Å². The van der Waals surface area contributed by atoms with Crippen molar-refractivity contribution < 1.29 is 14.3 Å². The number of pyridine rings is 1. The lowest BCUT2D eigenvalue weighted by molar-refractivity contribution is -0.132. The molecule has 0 saturated carbocycles. The molecule has 170 valence electrons. The molecule has 4 rings (SSSR count). The third-order valence-electron chi connectivity index (χ3n) is 5.75. The smallest absolute Gasteiger partial charge is 0.259 e. The molecule has 0 spiro atoms. The molecule has 1 aliphatic heterocycles. The highest BCUT2D eigenvalue weighted by molar-refractivity contribution is 5.85. The number of allylic oxidation sites excluding steroid dienone is 3. The van der Waals surface area contributed by atoms with Gasteiger partial charge in [0.2, 0.25) is 0 Å². The van der Waals surface area contributed by atoms with Crippen LogP contribution in [0.3, 0.4) is 0 Å². The zero-order valence-corrected chi connectivity index (χ0v) is 18.8. The molecule has 2 aliphatic rings. The summed E-state index contributed by atoms with van der Waals surface area (Å²) in [5.41, 5.74) is 2.10. The van der Waals surface area contributed by atoms with E-state index in [1.165, 1.54) is 4.90 Å². The van der Waals surface area contributed by atoms with Gasteiger partial charge in [0.05, 0.1) is 23.9 Å².